The van der Waals surface area contributed by atoms with Crippen LogP contribution in [0.25, 0.3) is 0 Å². The monoisotopic (exact) mass is 250 g/mol. The van der Waals surface area contributed by atoms with Gasteiger partial charge in [0.25, 0.3) is 0 Å². The Morgan fingerprint density at radius 3 is 2.94 bits per heavy atom. The van der Waals surface area contributed by atoms with E-state index in [1.54, 1.807) is 6.33 Å². The standard InChI is InChI=1S/C13H22N4O/c1-2-7-18-13(5-1)9-16-6-3-4-12(16)8-17-11-14-10-15-17/h10-13H,1-9H2/t12-,13-/m1/s1. The zero-order valence-corrected chi connectivity index (χ0v) is 10.9. The van der Waals surface area contributed by atoms with Crippen LogP contribution >= 0.6 is 0 Å². The molecule has 0 unspecified atom stereocenters. The van der Waals surface area contributed by atoms with Gasteiger partial charge in [-0.2, -0.15) is 5.10 Å². The van der Waals surface area contributed by atoms with Crippen LogP contribution in [0.2, 0.25) is 0 Å². The summed E-state index contributed by atoms with van der Waals surface area (Å²) in [7, 11) is 0. The molecule has 0 spiro atoms. The molecule has 5 nitrogen and oxygen atoms in total. The van der Waals surface area contributed by atoms with Gasteiger partial charge in [0, 0.05) is 19.2 Å². The Morgan fingerprint density at radius 1 is 1.17 bits per heavy atom. The van der Waals surface area contributed by atoms with Crippen LogP contribution < -0.4 is 0 Å². The number of hydrogen-bond donors (Lipinski definition) is 0. The van der Waals surface area contributed by atoms with Crippen molar-refractivity contribution in [3.05, 3.63) is 12.7 Å². The Balaban J connectivity index is 1.53. The highest BCUT2D eigenvalue weighted by molar-refractivity contribution is 4.82. The molecular weight excluding hydrogens is 228 g/mol. The summed E-state index contributed by atoms with van der Waals surface area (Å²) in [6, 6.07) is 0.609. The number of hydrogen-bond acceptors (Lipinski definition) is 4. The normalized spacial score (nSPS) is 29.8. The molecule has 2 saturated heterocycles. The van der Waals surface area contributed by atoms with Gasteiger partial charge >= 0.3 is 0 Å². The summed E-state index contributed by atoms with van der Waals surface area (Å²) >= 11 is 0. The maximum absolute atomic E-state index is 5.85. The highest BCUT2D eigenvalue weighted by atomic mass is 16.5. The van der Waals surface area contributed by atoms with Crippen LogP contribution in [0.3, 0.4) is 0 Å². The van der Waals surface area contributed by atoms with E-state index in [2.05, 4.69) is 15.0 Å². The predicted molar refractivity (Wildman–Crippen MR) is 68.2 cm³/mol. The molecule has 18 heavy (non-hydrogen) atoms. The summed E-state index contributed by atoms with van der Waals surface area (Å²) < 4.78 is 7.80. The lowest BCUT2D eigenvalue weighted by atomic mass is 10.1. The smallest absolute Gasteiger partial charge is 0.137 e. The molecule has 0 N–H and O–H groups in total. The number of likely N-dealkylation sites (tertiary alicyclic amines) is 1. The molecule has 1 aromatic heterocycles. The molecule has 0 bridgehead atoms. The summed E-state index contributed by atoms with van der Waals surface area (Å²) in [6.45, 7) is 4.22. The lowest BCUT2D eigenvalue weighted by Gasteiger charge is -2.30. The fourth-order valence-electron chi connectivity index (χ4n) is 3.10. The third-order valence-corrected chi connectivity index (χ3v) is 4.08. The molecule has 0 aromatic carbocycles. The van der Waals surface area contributed by atoms with Gasteiger partial charge in [0.05, 0.1) is 12.6 Å². The average molecular weight is 250 g/mol. The molecule has 100 valence electrons. The quantitative estimate of drug-likeness (QED) is 0.808. The third kappa shape index (κ3) is 2.90. The largest absolute Gasteiger partial charge is 0.377 e. The van der Waals surface area contributed by atoms with Crippen molar-refractivity contribution in [3.8, 4) is 0 Å². The molecule has 2 fully saturated rings. The van der Waals surface area contributed by atoms with E-state index < -0.39 is 0 Å². The Bertz CT molecular complexity index is 348. The first-order chi connectivity index (χ1) is 8.92. The lowest BCUT2D eigenvalue weighted by molar-refractivity contribution is -0.00911. The molecule has 2 aliphatic heterocycles. The van der Waals surface area contributed by atoms with Crippen molar-refractivity contribution in [3.63, 3.8) is 0 Å². The van der Waals surface area contributed by atoms with E-state index in [9.17, 15) is 0 Å². The van der Waals surface area contributed by atoms with Gasteiger partial charge in [0.1, 0.15) is 12.7 Å². The van der Waals surface area contributed by atoms with Crippen molar-refractivity contribution < 1.29 is 4.74 Å². The molecule has 2 aliphatic rings. The van der Waals surface area contributed by atoms with Gasteiger partial charge in [-0.15, -0.1) is 0 Å². The zero-order chi connectivity index (χ0) is 12.2. The predicted octanol–water partition coefficient (Wildman–Crippen LogP) is 1.31. The molecule has 5 heteroatoms. The van der Waals surface area contributed by atoms with E-state index in [0.29, 0.717) is 12.1 Å². The molecule has 0 radical (unpaired) electrons. The molecule has 3 heterocycles. The molecule has 0 amide bonds. The van der Waals surface area contributed by atoms with Crippen molar-refractivity contribution in [2.75, 3.05) is 19.7 Å². The molecule has 2 atom stereocenters. The second kappa shape index (κ2) is 5.80. The molecule has 1 aromatic rings. The first-order valence-corrected chi connectivity index (χ1v) is 7.10. The third-order valence-electron chi connectivity index (χ3n) is 4.08. The first kappa shape index (κ1) is 12.1. The van der Waals surface area contributed by atoms with Gasteiger partial charge < -0.3 is 4.74 Å². The van der Waals surface area contributed by atoms with Crippen molar-refractivity contribution >= 4 is 0 Å². The highest BCUT2D eigenvalue weighted by Crippen LogP contribution is 2.22. The van der Waals surface area contributed by atoms with E-state index in [4.69, 9.17) is 4.74 Å². The molecule has 3 rings (SSSR count). The fourth-order valence-corrected chi connectivity index (χ4v) is 3.10. The van der Waals surface area contributed by atoms with Crippen LogP contribution in [0.15, 0.2) is 12.7 Å². The van der Waals surface area contributed by atoms with E-state index in [1.165, 1.54) is 38.6 Å². The van der Waals surface area contributed by atoms with Crippen molar-refractivity contribution in [2.45, 2.75) is 50.8 Å². The number of ether oxygens (including phenoxy) is 1. The van der Waals surface area contributed by atoms with Gasteiger partial charge in [-0.05, 0) is 38.6 Å². The van der Waals surface area contributed by atoms with Crippen LogP contribution in [0.1, 0.15) is 32.1 Å². The molecule has 0 aliphatic carbocycles. The van der Waals surface area contributed by atoms with E-state index in [1.807, 2.05) is 11.0 Å². The number of aromatic nitrogens is 3. The summed E-state index contributed by atoms with van der Waals surface area (Å²) in [6.07, 6.45) is 10.2. The van der Waals surface area contributed by atoms with Crippen molar-refractivity contribution in [2.24, 2.45) is 0 Å². The van der Waals surface area contributed by atoms with Crippen LogP contribution in [0, 0.1) is 0 Å². The minimum atomic E-state index is 0.454. The Hall–Kier alpha value is -0.940. The SMILES string of the molecule is c1ncn(C[C@H]2CCCN2C[C@H]2CCCCO2)n1. The summed E-state index contributed by atoms with van der Waals surface area (Å²) in [5.41, 5.74) is 0. The van der Waals surface area contributed by atoms with E-state index in [-0.39, 0.29) is 0 Å². The second-order valence-electron chi connectivity index (χ2n) is 5.40. The minimum Gasteiger partial charge on any atom is -0.377 e. The fraction of sp³-hybridized carbons (Fsp3) is 0.846. The summed E-state index contributed by atoms with van der Waals surface area (Å²) in [5.74, 6) is 0. The van der Waals surface area contributed by atoms with Crippen LogP contribution in [0.4, 0.5) is 0 Å². The van der Waals surface area contributed by atoms with Gasteiger partial charge in [0.2, 0.25) is 0 Å². The lowest BCUT2D eigenvalue weighted by Crippen LogP contribution is -2.40. The zero-order valence-electron chi connectivity index (χ0n) is 10.9. The van der Waals surface area contributed by atoms with Gasteiger partial charge in [-0.3, -0.25) is 9.58 Å². The summed E-state index contributed by atoms with van der Waals surface area (Å²) in [4.78, 5) is 6.59. The first-order valence-electron chi connectivity index (χ1n) is 7.10. The van der Waals surface area contributed by atoms with Gasteiger partial charge in [-0.1, -0.05) is 0 Å². The van der Waals surface area contributed by atoms with E-state index >= 15 is 0 Å². The average Bonchev–Trinajstić information content (AvgIpc) is 3.04. The van der Waals surface area contributed by atoms with Crippen LogP contribution in [0.5, 0.6) is 0 Å². The van der Waals surface area contributed by atoms with Crippen LogP contribution in [-0.2, 0) is 11.3 Å². The maximum Gasteiger partial charge on any atom is 0.137 e. The summed E-state index contributed by atoms with van der Waals surface area (Å²) in [5, 5.41) is 4.21. The van der Waals surface area contributed by atoms with Gasteiger partial charge in [-0.25, -0.2) is 4.98 Å². The number of nitrogens with zero attached hydrogens (tertiary/aromatic N) is 4. The molecular formula is C13H22N4O. The maximum atomic E-state index is 5.85. The highest BCUT2D eigenvalue weighted by Gasteiger charge is 2.28. The Kier molecular flexibility index (Phi) is 3.90. The Morgan fingerprint density at radius 2 is 2.17 bits per heavy atom. The Labute approximate surface area is 108 Å². The molecule has 0 saturated carbocycles. The van der Waals surface area contributed by atoms with Crippen molar-refractivity contribution in [1.82, 2.24) is 19.7 Å². The van der Waals surface area contributed by atoms with Crippen molar-refractivity contribution in [1.29, 1.82) is 0 Å². The topological polar surface area (TPSA) is 43.2 Å². The second-order valence-corrected chi connectivity index (χ2v) is 5.40. The minimum absolute atomic E-state index is 0.454. The van der Waals surface area contributed by atoms with Crippen LogP contribution in [-0.4, -0.2) is 51.5 Å². The van der Waals surface area contributed by atoms with Gasteiger partial charge in [0.15, 0.2) is 0 Å². The van der Waals surface area contributed by atoms with E-state index in [0.717, 1.165) is 19.7 Å². The number of rotatable bonds is 4.